The smallest absolute Gasteiger partial charge is 0.263 e. The molecule has 1 saturated heterocycles. The van der Waals surface area contributed by atoms with Crippen LogP contribution in [0.25, 0.3) is 0 Å². The topological polar surface area (TPSA) is 73.6 Å². The average Bonchev–Trinajstić information content (AvgIpc) is 3.03. The van der Waals surface area contributed by atoms with Gasteiger partial charge < -0.3 is 14.7 Å². The van der Waals surface area contributed by atoms with Crippen molar-refractivity contribution in [2.24, 2.45) is 5.41 Å². The van der Waals surface area contributed by atoms with Crippen LogP contribution in [-0.4, -0.2) is 47.8 Å². The highest BCUT2D eigenvalue weighted by atomic mass is 32.1. The lowest BCUT2D eigenvalue weighted by Crippen LogP contribution is -2.62. The van der Waals surface area contributed by atoms with E-state index in [4.69, 9.17) is 10.00 Å². The lowest BCUT2D eigenvalue weighted by molar-refractivity contribution is -0.207. The summed E-state index contributed by atoms with van der Waals surface area (Å²) >= 11 is 1.32. The van der Waals surface area contributed by atoms with Crippen LogP contribution in [-0.2, 0) is 4.74 Å². The minimum absolute atomic E-state index is 0.0110. The van der Waals surface area contributed by atoms with E-state index in [0.29, 0.717) is 36.6 Å². The van der Waals surface area contributed by atoms with E-state index in [1.165, 1.54) is 11.3 Å². The van der Waals surface area contributed by atoms with Crippen molar-refractivity contribution in [2.75, 3.05) is 19.7 Å². The van der Waals surface area contributed by atoms with Crippen molar-refractivity contribution in [3.8, 4) is 6.07 Å². The lowest BCUT2D eigenvalue weighted by atomic mass is 9.58. The Morgan fingerprint density at radius 1 is 1.59 bits per heavy atom. The number of rotatable bonds is 3. The van der Waals surface area contributed by atoms with E-state index in [0.717, 1.165) is 12.8 Å². The molecule has 22 heavy (non-hydrogen) atoms. The van der Waals surface area contributed by atoms with Crippen LogP contribution >= 0.6 is 11.3 Å². The number of likely N-dealkylation sites (tertiary alicyclic amines) is 1. The number of nitrogens with zero attached hydrogens (tertiary/aromatic N) is 2. The van der Waals surface area contributed by atoms with E-state index in [1.54, 1.807) is 11.4 Å². The van der Waals surface area contributed by atoms with Crippen LogP contribution in [0.2, 0.25) is 0 Å². The van der Waals surface area contributed by atoms with Crippen LogP contribution in [0.1, 0.15) is 41.4 Å². The van der Waals surface area contributed by atoms with E-state index in [2.05, 4.69) is 6.07 Å². The molecule has 1 aliphatic carbocycles. The van der Waals surface area contributed by atoms with Crippen molar-refractivity contribution >= 4 is 17.2 Å². The van der Waals surface area contributed by atoms with Crippen molar-refractivity contribution in [1.82, 2.24) is 4.90 Å². The van der Waals surface area contributed by atoms with Gasteiger partial charge in [0.25, 0.3) is 5.91 Å². The van der Waals surface area contributed by atoms with Gasteiger partial charge in [0.15, 0.2) is 0 Å². The maximum atomic E-state index is 12.5. The van der Waals surface area contributed by atoms with Gasteiger partial charge >= 0.3 is 0 Å². The Labute approximate surface area is 134 Å². The number of carbonyl (C=O) groups is 1. The monoisotopic (exact) mass is 320 g/mol. The van der Waals surface area contributed by atoms with Gasteiger partial charge in [0.2, 0.25) is 0 Å². The van der Waals surface area contributed by atoms with E-state index in [1.807, 2.05) is 11.8 Å². The second-order valence-electron chi connectivity index (χ2n) is 6.03. The molecule has 1 saturated carbocycles. The molecule has 3 rings (SSSR count). The first-order chi connectivity index (χ1) is 10.6. The number of piperidine rings is 1. The van der Waals surface area contributed by atoms with Gasteiger partial charge in [-0.1, -0.05) is 0 Å². The second kappa shape index (κ2) is 5.99. The third-order valence-electron chi connectivity index (χ3n) is 5.03. The molecule has 0 radical (unpaired) electrons. The average molecular weight is 320 g/mol. The standard InChI is InChI=1S/C16H20N2O3S/c1-2-21-14-8-13(19)16(14)3-5-18(6-4-16)15(20)12-7-11(9-17)10-22-12/h7,10,13-14,19H,2-6,8H2,1H3. The van der Waals surface area contributed by atoms with Gasteiger partial charge in [-0.3, -0.25) is 4.79 Å². The fourth-order valence-corrected chi connectivity index (χ4v) is 4.41. The van der Waals surface area contributed by atoms with Crippen LogP contribution in [0, 0.1) is 16.7 Å². The quantitative estimate of drug-likeness (QED) is 0.924. The molecule has 5 nitrogen and oxygen atoms in total. The van der Waals surface area contributed by atoms with Gasteiger partial charge in [-0.05, 0) is 25.8 Å². The van der Waals surface area contributed by atoms with Crippen LogP contribution in [0.4, 0.5) is 0 Å². The Bertz CT molecular complexity index is 597. The molecule has 118 valence electrons. The first kappa shape index (κ1) is 15.5. The number of hydrogen-bond acceptors (Lipinski definition) is 5. The highest BCUT2D eigenvalue weighted by Gasteiger charge is 2.56. The molecule has 2 aliphatic rings. The van der Waals surface area contributed by atoms with Crippen molar-refractivity contribution in [2.45, 2.75) is 38.4 Å². The zero-order valence-electron chi connectivity index (χ0n) is 12.6. The van der Waals surface area contributed by atoms with Crippen molar-refractivity contribution in [3.05, 3.63) is 21.9 Å². The number of hydrogen-bond donors (Lipinski definition) is 1. The lowest BCUT2D eigenvalue weighted by Gasteiger charge is -2.56. The van der Waals surface area contributed by atoms with Gasteiger partial charge in [-0.25, -0.2) is 0 Å². The van der Waals surface area contributed by atoms with Crippen LogP contribution in [0.5, 0.6) is 0 Å². The molecule has 0 aromatic carbocycles. The summed E-state index contributed by atoms with van der Waals surface area (Å²) in [5.41, 5.74) is 0.368. The summed E-state index contributed by atoms with van der Waals surface area (Å²) in [5, 5.41) is 20.7. The summed E-state index contributed by atoms with van der Waals surface area (Å²) in [7, 11) is 0. The molecule has 1 aromatic rings. The molecule has 1 N–H and O–H groups in total. The first-order valence-electron chi connectivity index (χ1n) is 7.68. The third-order valence-corrected chi connectivity index (χ3v) is 5.95. The second-order valence-corrected chi connectivity index (χ2v) is 6.94. The zero-order chi connectivity index (χ0) is 15.7. The summed E-state index contributed by atoms with van der Waals surface area (Å²) in [6.45, 7) is 3.91. The fourth-order valence-electron chi connectivity index (χ4n) is 3.61. The molecule has 2 fully saturated rings. The highest BCUT2D eigenvalue weighted by Crippen LogP contribution is 2.51. The molecule has 1 amide bonds. The summed E-state index contributed by atoms with van der Waals surface area (Å²) in [6.07, 6.45) is 2.07. The summed E-state index contributed by atoms with van der Waals surface area (Å²) in [6, 6.07) is 3.70. The van der Waals surface area contributed by atoms with Gasteiger partial charge in [0.05, 0.1) is 22.6 Å². The van der Waals surface area contributed by atoms with Crippen molar-refractivity contribution < 1.29 is 14.6 Å². The molecule has 2 heterocycles. The summed E-state index contributed by atoms with van der Waals surface area (Å²) < 4.78 is 5.74. The van der Waals surface area contributed by atoms with Crippen molar-refractivity contribution in [1.29, 1.82) is 5.26 Å². The number of ether oxygens (including phenoxy) is 1. The van der Waals surface area contributed by atoms with Gasteiger partial charge in [0.1, 0.15) is 6.07 Å². The van der Waals surface area contributed by atoms with Crippen LogP contribution in [0.15, 0.2) is 11.4 Å². The molecular formula is C16H20N2O3S. The third kappa shape index (κ3) is 2.43. The minimum Gasteiger partial charge on any atom is -0.392 e. The van der Waals surface area contributed by atoms with E-state index in [-0.39, 0.29) is 23.5 Å². The molecule has 0 bridgehead atoms. The highest BCUT2D eigenvalue weighted by molar-refractivity contribution is 7.12. The Morgan fingerprint density at radius 2 is 2.32 bits per heavy atom. The largest absolute Gasteiger partial charge is 0.392 e. The number of thiophene rings is 1. The molecule has 1 aliphatic heterocycles. The fraction of sp³-hybridized carbons (Fsp3) is 0.625. The minimum atomic E-state index is -0.312. The molecule has 6 heteroatoms. The molecule has 1 aromatic heterocycles. The van der Waals surface area contributed by atoms with E-state index < -0.39 is 0 Å². The summed E-state index contributed by atoms with van der Waals surface area (Å²) in [5.74, 6) is -0.0110. The normalized spacial score (nSPS) is 26.5. The van der Waals surface area contributed by atoms with Crippen LogP contribution < -0.4 is 0 Å². The Balaban J connectivity index is 1.64. The van der Waals surface area contributed by atoms with E-state index >= 15 is 0 Å². The van der Waals surface area contributed by atoms with Crippen LogP contribution in [0.3, 0.4) is 0 Å². The maximum Gasteiger partial charge on any atom is 0.263 e. The number of aliphatic hydroxyl groups is 1. The first-order valence-corrected chi connectivity index (χ1v) is 8.56. The number of aliphatic hydroxyl groups excluding tert-OH is 1. The number of amides is 1. The molecule has 2 atom stereocenters. The van der Waals surface area contributed by atoms with E-state index in [9.17, 15) is 9.90 Å². The Hall–Kier alpha value is -1.42. The number of nitriles is 1. The van der Waals surface area contributed by atoms with Gasteiger partial charge in [0, 0.05) is 36.9 Å². The van der Waals surface area contributed by atoms with Gasteiger partial charge in [-0.2, -0.15) is 5.26 Å². The molecule has 2 unspecified atom stereocenters. The zero-order valence-corrected chi connectivity index (χ0v) is 13.4. The molecular weight excluding hydrogens is 300 g/mol. The molecule has 1 spiro atoms. The van der Waals surface area contributed by atoms with Crippen molar-refractivity contribution in [3.63, 3.8) is 0 Å². The SMILES string of the molecule is CCOC1CC(O)C12CCN(C(=O)c1cc(C#N)cs1)CC2. The Morgan fingerprint density at radius 3 is 2.86 bits per heavy atom. The predicted molar refractivity (Wildman–Crippen MR) is 82.6 cm³/mol. The summed E-state index contributed by atoms with van der Waals surface area (Å²) in [4.78, 5) is 14.9. The van der Waals surface area contributed by atoms with Gasteiger partial charge in [-0.15, -0.1) is 11.3 Å². The number of carbonyl (C=O) groups excluding carboxylic acids is 1. The Kier molecular flexibility index (Phi) is 4.22. The maximum absolute atomic E-state index is 12.5. The predicted octanol–water partition coefficient (Wildman–Crippen LogP) is 2.01.